The first kappa shape index (κ1) is 19.8. The number of aromatic nitrogens is 2. The molecule has 0 fully saturated rings. The number of anilines is 1. The monoisotopic (exact) mass is 376 g/mol. The number of hydrogen-bond acceptors (Lipinski definition) is 6. The van der Waals surface area contributed by atoms with E-state index in [-0.39, 0.29) is 17.9 Å². The summed E-state index contributed by atoms with van der Waals surface area (Å²) in [5.41, 5.74) is 1.25. The summed E-state index contributed by atoms with van der Waals surface area (Å²) in [6.45, 7) is 5.93. The maximum atomic E-state index is 11.9. The highest BCUT2D eigenvalue weighted by Gasteiger charge is 2.15. The van der Waals surface area contributed by atoms with E-state index in [1.165, 1.54) is 23.8 Å². The zero-order valence-electron chi connectivity index (χ0n) is 15.2. The molecule has 1 aromatic heterocycles. The molecule has 2 N–H and O–H groups in total. The SMILES string of the molecule is CCc1ccc(OC(C)c2nnc(NC(=O)CCCNC(C)=O)s2)cc1. The molecule has 2 aromatic rings. The Morgan fingerprint density at radius 3 is 2.62 bits per heavy atom. The molecular weight excluding hydrogens is 352 g/mol. The Balaban J connectivity index is 1.81. The van der Waals surface area contributed by atoms with Crippen LogP contribution < -0.4 is 15.4 Å². The first-order valence-corrected chi connectivity index (χ1v) is 9.43. The molecule has 0 aliphatic heterocycles. The van der Waals surface area contributed by atoms with Crippen molar-refractivity contribution in [1.82, 2.24) is 15.5 Å². The van der Waals surface area contributed by atoms with Crippen LogP contribution >= 0.6 is 11.3 Å². The highest BCUT2D eigenvalue weighted by Crippen LogP contribution is 2.26. The largest absolute Gasteiger partial charge is 0.483 e. The van der Waals surface area contributed by atoms with E-state index in [1.807, 2.05) is 31.2 Å². The lowest BCUT2D eigenvalue weighted by Crippen LogP contribution is -2.22. The second kappa shape index (κ2) is 9.86. The third-order valence-corrected chi connectivity index (χ3v) is 4.63. The van der Waals surface area contributed by atoms with E-state index < -0.39 is 0 Å². The molecule has 2 rings (SSSR count). The minimum Gasteiger partial charge on any atom is -0.483 e. The molecule has 0 bridgehead atoms. The van der Waals surface area contributed by atoms with Gasteiger partial charge in [0.1, 0.15) is 11.9 Å². The van der Waals surface area contributed by atoms with Gasteiger partial charge in [-0.3, -0.25) is 9.59 Å². The molecule has 7 nitrogen and oxygen atoms in total. The first-order valence-electron chi connectivity index (χ1n) is 8.61. The van der Waals surface area contributed by atoms with Crippen LogP contribution in [-0.4, -0.2) is 28.6 Å². The Labute approximate surface area is 157 Å². The van der Waals surface area contributed by atoms with Gasteiger partial charge in [0, 0.05) is 19.9 Å². The van der Waals surface area contributed by atoms with Crippen molar-refractivity contribution in [1.29, 1.82) is 0 Å². The van der Waals surface area contributed by atoms with Crippen LogP contribution in [0.4, 0.5) is 5.13 Å². The Bertz CT molecular complexity index is 730. The molecule has 0 saturated heterocycles. The summed E-state index contributed by atoms with van der Waals surface area (Å²) >= 11 is 1.29. The summed E-state index contributed by atoms with van der Waals surface area (Å²) in [5.74, 6) is 0.521. The molecule has 1 atom stereocenters. The first-order chi connectivity index (χ1) is 12.5. The molecule has 26 heavy (non-hydrogen) atoms. The van der Waals surface area contributed by atoms with E-state index in [2.05, 4.69) is 27.8 Å². The smallest absolute Gasteiger partial charge is 0.226 e. The van der Waals surface area contributed by atoms with Crippen LogP contribution in [0, 0.1) is 0 Å². The zero-order valence-corrected chi connectivity index (χ0v) is 16.1. The number of benzene rings is 1. The third-order valence-electron chi connectivity index (χ3n) is 3.63. The van der Waals surface area contributed by atoms with Crippen molar-refractivity contribution >= 4 is 28.3 Å². The molecule has 0 saturated carbocycles. The number of ether oxygens (including phenoxy) is 1. The molecular formula is C18H24N4O3S. The van der Waals surface area contributed by atoms with Crippen molar-refractivity contribution in [2.75, 3.05) is 11.9 Å². The van der Waals surface area contributed by atoms with Gasteiger partial charge in [-0.25, -0.2) is 0 Å². The van der Waals surface area contributed by atoms with Crippen LogP contribution in [0.3, 0.4) is 0 Å². The molecule has 8 heteroatoms. The molecule has 0 aliphatic rings. The molecule has 2 amide bonds. The van der Waals surface area contributed by atoms with Crippen molar-refractivity contribution in [3.8, 4) is 5.75 Å². The minimum atomic E-state index is -0.259. The minimum absolute atomic E-state index is 0.0995. The van der Waals surface area contributed by atoms with E-state index in [0.29, 0.717) is 29.5 Å². The Kier molecular flexibility index (Phi) is 7.53. The van der Waals surface area contributed by atoms with E-state index in [4.69, 9.17) is 4.74 Å². The van der Waals surface area contributed by atoms with Crippen LogP contribution in [-0.2, 0) is 16.0 Å². The standard InChI is InChI=1S/C18H24N4O3S/c1-4-14-7-9-15(10-8-14)25-12(2)17-21-22-18(26-17)20-16(24)6-5-11-19-13(3)23/h7-10,12H,4-6,11H2,1-3H3,(H,19,23)(H,20,22,24). The second-order valence-electron chi connectivity index (χ2n) is 5.84. The number of amides is 2. The molecule has 140 valence electrons. The quantitative estimate of drug-likeness (QED) is 0.656. The second-order valence-corrected chi connectivity index (χ2v) is 6.85. The zero-order chi connectivity index (χ0) is 18.9. The fourth-order valence-corrected chi connectivity index (χ4v) is 2.94. The normalized spacial score (nSPS) is 11.7. The fourth-order valence-electron chi connectivity index (χ4n) is 2.20. The third kappa shape index (κ3) is 6.44. The van der Waals surface area contributed by atoms with Gasteiger partial charge in [-0.1, -0.05) is 30.4 Å². The van der Waals surface area contributed by atoms with Crippen molar-refractivity contribution in [2.24, 2.45) is 0 Å². The van der Waals surface area contributed by atoms with Crippen molar-refractivity contribution in [3.63, 3.8) is 0 Å². The van der Waals surface area contributed by atoms with Gasteiger partial charge in [0.15, 0.2) is 5.01 Å². The Morgan fingerprint density at radius 2 is 1.96 bits per heavy atom. The summed E-state index contributed by atoms with van der Waals surface area (Å²) in [6, 6.07) is 7.95. The number of hydrogen-bond donors (Lipinski definition) is 2. The number of carbonyl (C=O) groups is 2. The lowest BCUT2D eigenvalue weighted by Gasteiger charge is -2.11. The number of nitrogens with zero attached hydrogens (tertiary/aromatic N) is 2. The molecule has 0 spiro atoms. The summed E-state index contributed by atoms with van der Waals surface area (Å²) in [6.07, 6.45) is 1.61. The number of nitrogens with one attached hydrogen (secondary N) is 2. The summed E-state index contributed by atoms with van der Waals surface area (Å²) in [4.78, 5) is 22.6. The summed E-state index contributed by atoms with van der Waals surface area (Å²) in [5, 5.41) is 14.6. The van der Waals surface area contributed by atoms with E-state index in [1.54, 1.807) is 0 Å². The topological polar surface area (TPSA) is 93.2 Å². The highest BCUT2D eigenvalue weighted by molar-refractivity contribution is 7.15. The van der Waals surface area contributed by atoms with Gasteiger partial charge in [0.05, 0.1) is 0 Å². The van der Waals surface area contributed by atoms with E-state index in [9.17, 15) is 9.59 Å². The maximum absolute atomic E-state index is 11.9. The van der Waals surface area contributed by atoms with Gasteiger partial charge in [-0.05, 0) is 37.5 Å². The summed E-state index contributed by atoms with van der Waals surface area (Å²) < 4.78 is 5.88. The fraction of sp³-hybridized carbons (Fsp3) is 0.444. The molecule has 0 aliphatic carbocycles. The van der Waals surface area contributed by atoms with Gasteiger partial charge in [-0.15, -0.1) is 10.2 Å². The van der Waals surface area contributed by atoms with E-state index >= 15 is 0 Å². The average molecular weight is 376 g/mol. The van der Waals surface area contributed by atoms with Gasteiger partial charge >= 0.3 is 0 Å². The molecule has 0 radical (unpaired) electrons. The molecule has 1 unspecified atom stereocenters. The van der Waals surface area contributed by atoms with Gasteiger partial charge in [-0.2, -0.15) is 0 Å². The van der Waals surface area contributed by atoms with Crippen LogP contribution in [0.25, 0.3) is 0 Å². The van der Waals surface area contributed by atoms with Crippen LogP contribution in [0.15, 0.2) is 24.3 Å². The van der Waals surface area contributed by atoms with Crippen LogP contribution in [0.5, 0.6) is 5.75 Å². The predicted octanol–water partition coefficient (Wildman–Crippen LogP) is 3.10. The van der Waals surface area contributed by atoms with Gasteiger partial charge in [0.25, 0.3) is 0 Å². The maximum Gasteiger partial charge on any atom is 0.226 e. The van der Waals surface area contributed by atoms with Gasteiger partial charge in [0.2, 0.25) is 16.9 Å². The lowest BCUT2D eigenvalue weighted by molar-refractivity contribution is -0.119. The molecule has 1 aromatic carbocycles. The molecule has 1 heterocycles. The van der Waals surface area contributed by atoms with Crippen molar-refractivity contribution in [2.45, 2.75) is 46.1 Å². The summed E-state index contributed by atoms with van der Waals surface area (Å²) in [7, 11) is 0. The van der Waals surface area contributed by atoms with Crippen molar-refractivity contribution in [3.05, 3.63) is 34.8 Å². The number of aryl methyl sites for hydroxylation is 1. The number of rotatable bonds is 9. The Hall–Kier alpha value is -2.48. The average Bonchev–Trinajstić information content (AvgIpc) is 3.08. The van der Waals surface area contributed by atoms with Crippen molar-refractivity contribution < 1.29 is 14.3 Å². The lowest BCUT2D eigenvalue weighted by atomic mass is 10.2. The predicted molar refractivity (Wildman–Crippen MR) is 101 cm³/mol. The van der Waals surface area contributed by atoms with Crippen LogP contribution in [0.2, 0.25) is 0 Å². The Morgan fingerprint density at radius 1 is 1.23 bits per heavy atom. The highest BCUT2D eigenvalue weighted by atomic mass is 32.1. The number of carbonyl (C=O) groups excluding carboxylic acids is 2. The van der Waals surface area contributed by atoms with E-state index in [0.717, 1.165) is 12.2 Å². The van der Waals surface area contributed by atoms with Crippen LogP contribution in [0.1, 0.15) is 50.3 Å². The van der Waals surface area contributed by atoms with Gasteiger partial charge < -0.3 is 15.4 Å².